The molecule has 2 aromatic carbocycles. The molecule has 29 heteroatoms. The maximum absolute atomic E-state index is 12.6. The second kappa shape index (κ2) is 25.7. The molecule has 2 aromatic heterocycles. The Bertz CT molecular complexity index is 1710. The number of nitrogens with zero attached hydrogens (tertiary/aromatic N) is 8. The van der Waals surface area contributed by atoms with E-state index in [4.69, 9.17) is 24.7 Å². The number of aliphatic carboxylic acids is 1. The Kier molecular flexibility index (Phi) is 26.8. The van der Waals surface area contributed by atoms with Crippen LogP contribution in [0, 0.1) is 0 Å². The fourth-order valence-corrected chi connectivity index (χ4v) is 2.79. The molecule has 0 aliphatic heterocycles. The summed E-state index contributed by atoms with van der Waals surface area (Å²) >= 11 is 2.15. The number of aldehydes is 2. The number of carbonyl (C=O) groups excluding carboxylic acids is 3. The van der Waals surface area contributed by atoms with Crippen molar-refractivity contribution in [3.63, 3.8) is 0 Å². The summed E-state index contributed by atoms with van der Waals surface area (Å²) in [4.78, 5) is 43.5. The van der Waals surface area contributed by atoms with Crippen LogP contribution in [0.15, 0.2) is 36.4 Å². The molecule has 0 saturated carbocycles. The first-order valence-electron chi connectivity index (χ1n) is 11.8. The number of carboxylic acid groups (broad SMARTS) is 1. The van der Waals surface area contributed by atoms with E-state index < -0.39 is 36.1 Å². The summed E-state index contributed by atoms with van der Waals surface area (Å²) in [5.74, 6) is -5.43. The number of tetrazole rings is 2. The number of phenolic OH excluding ortho intramolecular Hbond substituents is 1. The molecule has 52 heavy (non-hydrogen) atoms. The van der Waals surface area contributed by atoms with Crippen molar-refractivity contribution in [1.82, 2.24) is 40.4 Å². The third kappa shape index (κ3) is 17.7. The Hall–Kier alpha value is -2.21. The van der Waals surface area contributed by atoms with Crippen LogP contribution in [0.3, 0.4) is 0 Å². The van der Waals surface area contributed by atoms with Gasteiger partial charge in [-0.25, -0.2) is 4.79 Å². The monoisotopic (exact) mass is 925 g/mol. The average molecular weight is 926 g/mol. The first-order chi connectivity index (χ1) is 23.3. The molecule has 0 fully saturated rings. The zero-order valence-corrected chi connectivity index (χ0v) is 34.7. The van der Waals surface area contributed by atoms with Gasteiger partial charge < -0.3 is 25.1 Å². The molecule has 0 amide bonds. The smallest absolute Gasteiger partial charge is 0.662 e. The number of halogens is 10. The van der Waals surface area contributed by atoms with E-state index in [1.165, 1.54) is 25.3 Å². The fraction of sp³-hybridized carbons (Fsp3) is 0.217. The molecule has 1 radical (unpaired) electrons. The number of carboxylic acids is 1. The van der Waals surface area contributed by atoms with E-state index in [1.807, 2.05) is 4.93 Å². The van der Waals surface area contributed by atoms with Crippen molar-refractivity contribution in [2.45, 2.75) is 18.5 Å². The van der Waals surface area contributed by atoms with Crippen molar-refractivity contribution < 1.29 is 135 Å². The van der Waals surface area contributed by atoms with E-state index in [0.29, 0.717) is 21.9 Å². The third-order valence-corrected chi connectivity index (χ3v) is 4.70. The molecule has 0 spiro atoms. The van der Waals surface area contributed by atoms with Gasteiger partial charge in [0.15, 0.2) is 12.6 Å². The van der Waals surface area contributed by atoms with Crippen LogP contribution in [0.5, 0.6) is 11.5 Å². The van der Waals surface area contributed by atoms with Crippen LogP contribution in [0.4, 0.5) is 39.5 Å². The van der Waals surface area contributed by atoms with Gasteiger partial charge in [0.1, 0.15) is 11.5 Å². The van der Waals surface area contributed by atoms with Crippen LogP contribution >= 0.6 is 22.6 Å². The van der Waals surface area contributed by atoms with Crippen molar-refractivity contribution in [2.75, 3.05) is 12.0 Å². The van der Waals surface area contributed by atoms with E-state index in [2.05, 4.69) is 58.5 Å². The van der Waals surface area contributed by atoms with Gasteiger partial charge in [0.2, 0.25) is 0 Å². The van der Waals surface area contributed by atoms with Crippen molar-refractivity contribution in [2.24, 2.45) is 0 Å². The molecule has 0 bridgehead atoms. The molecule has 0 saturated heterocycles. The number of rotatable bonds is 6. The molecule has 0 aliphatic rings. The summed E-state index contributed by atoms with van der Waals surface area (Å²) in [6.07, 6.45) is -13.7. The van der Waals surface area contributed by atoms with Crippen LogP contribution in [0.2, 0.25) is 0 Å². The first kappa shape index (κ1) is 54.1. The largest absolute Gasteiger partial charge is 1.00 e. The molecule has 0 aliphatic carbocycles. The van der Waals surface area contributed by atoms with Gasteiger partial charge in [-0.3, -0.25) is 14.4 Å². The zero-order chi connectivity index (χ0) is 38.9. The van der Waals surface area contributed by atoms with Gasteiger partial charge in [-0.15, -0.1) is 10.2 Å². The summed E-state index contributed by atoms with van der Waals surface area (Å²) < 4.78 is 113. The topological polar surface area (TPSA) is 237 Å². The van der Waals surface area contributed by atoms with Crippen LogP contribution < -0.4 is 61.4 Å². The minimum Gasteiger partial charge on any atom is -0.662 e. The third-order valence-electron chi connectivity index (χ3n) is 4.70. The Morgan fingerprint density at radius 1 is 0.808 bits per heavy atom. The summed E-state index contributed by atoms with van der Waals surface area (Å²) in [5.41, 5.74) is -0.118. The molecule has 275 valence electrons. The van der Waals surface area contributed by atoms with Crippen LogP contribution in [0.1, 0.15) is 32.4 Å². The Morgan fingerprint density at radius 2 is 1.17 bits per heavy atom. The van der Waals surface area contributed by atoms with Gasteiger partial charge in [-0.1, -0.05) is 22.6 Å². The van der Waals surface area contributed by atoms with E-state index >= 15 is 0 Å². The molecule has 2 N–H and O–H groups in total. The van der Waals surface area contributed by atoms with Crippen LogP contribution in [0.25, 0.3) is 11.4 Å². The van der Waals surface area contributed by atoms with E-state index in [1.54, 1.807) is 0 Å². The number of ether oxygens (including phenoxy) is 1. The maximum atomic E-state index is 12.6. The van der Waals surface area contributed by atoms with Crippen molar-refractivity contribution >= 4 is 99.0 Å². The molecule has 0 atom stereocenters. The Morgan fingerprint density at radius 3 is 1.48 bits per heavy atom. The summed E-state index contributed by atoms with van der Waals surface area (Å²) in [6.45, 7) is -0.181. The number of benzene rings is 2. The number of aromatic hydroxyl groups is 1. The Labute approximate surface area is 382 Å². The van der Waals surface area contributed by atoms with E-state index in [0.717, 1.165) is 18.2 Å². The molecular weight excluding hydrogens is 908 g/mol. The normalized spacial score (nSPS) is 10.2. The Balaban J connectivity index is -0.000000677. The van der Waals surface area contributed by atoms with Crippen molar-refractivity contribution in [1.29, 1.82) is 0 Å². The number of hydrogen-bond donors (Lipinski definition) is 2. The predicted molar refractivity (Wildman–Crippen MR) is 154 cm³/mol. The number of aromatic nitrogens is 8. The number of carbonyl (C=O) groups is 4. The van der Waals surface area contributed by atoms with Crippen molar-refractivity contribution in [3.05, 3.63) is 59.2 Å². The summed E-state index contributed by atoms with van der Waals surface area (Å²) in [7, 11) is 1.35. The molecule has 0 unspecified atom stereocenters. The van der Waals surface area contributed by atoms with Gasteiger partial charge in [-0.05, 0) is 62.2 Å². The average Bonchev–Trinajstić information content (AvgIpc) is 3.77. The standard InChI is InChI=1S/C10H7F3N4O2.C9H5F3N4O2.C2HF3O2.CH3I.CH2O3.2K/c1-19-8-3-2-7(4-6(8)5-18)17-9(10(11,12)13)14-15-16-17;10-9(11,12)8-13-14-15-16(8)6-1-2-7(18)5(3-6)4-17;3-2(4,5)1(6)7;1-2;2-1-4-3;;/h2-5H,1H3;1-4,18H;(H,6,7);1H3;1,3H;;/q;;;;;;+1/p-1. The van der Waals surface area contributed by atoms with Crippen LogP contribution in [-0.4, -0.2) is 145 Å². The minimum absolute atomic E-state index is 0. The molecular formula is C23H17F9IK2N8O9. The van der Waals surface area contributed by atoms with Gasteiger partial charge >= 0.3 is 75.9 Å². The van der Waals surface area contributed by atoms with Gasteiger partial charge in [0.25, 0.3) is 18.1 Å². The van der Waals surface area contributed by atoms with Gasteiger partial charge in [-0.2, -0.15) is 48.9 Å². The SMILES string of the molecule is CI.COc1ccc(-n2nnnc2C(F)(F)F)cc1C=O.O=C(O)C(F)(F)F.O=CO[O-].O=Cc1cc(-n2nnnc2C(F)(F)F)ccc1O.[K+].[K]. The predicted octanol–water partition coefficient (Wildman–Crippen LogP) is -0.556. The van der Waals surface area contributed by atoms with Gasteiger partial charge in [0, 0.05) is 51.4 Å². The van der Waals surface area contributed by atoms with E-state index in [-0.39, 0.29) is 143 Å². The number of hydrogen-bond acceptors (Lipinski definition) is 14. The molecule has 17 nitrogen and oxygen atoms in total. The van der Waals surface area contributed by atoms with Gasteiger partial charge in [0.05, 0.1) is 29.6 Å². The van der Waals surface area contributed by atoms with E-state index in [9.17, 15) is 54.2 Å². The quantitative estimate of drug-likeness (QED) is 0.0469. The number of alkyl halides is 10. The second-order valence-electron chi connectivity index (χ2n) is 7.72. The second-order valence-corrected chi connectivity index (χ2v) is 7.72. The van der Waals surface area contributed by atoms with Crippen molar-refractivity contribution in [3.8, 4) is 22.9 Å². The number of methoxy groups -OCH3 is 1. The minimum atomic E-state index is -5.08. The first-order valence-corrected chi connectivity index (χ1v) is 14.0. The maximum Gasteiger partial charge on any atom is 1.00 e. The number of phenols is 1. The fourth-order valence-electron chi connectivity index (χ4n) is 2.79. The molecule has 4 rings (SSSR count). The summed E-state index contributed by atoms with van der Waals surface area (Å²) in [5, 5.41) is 43.0. The summed E-state index contributed by atoms with van der Waals surface area (Å²) in [6, 6.07) is 7.18. The van der Waals surface area contributed by atoms with Crippen LogP contribution in [-0.2, 0) is 26.8 Å². The molecule has 2 heterocycles. The zero-order valence-electron chi connectivity index (χ0n) is 26.3. The molecule has 4 aromatic rings.